The first-order valence-corrected chi connectivity index (χ1v) is 15.9. The third-order valence-corrected chi connectivity index (χ3v) is 6.81. The van der Waals surface area contributed by atoms with E-state index in [0.29, 0.717) is 24.1 Å². The number of hydrogen-bond acceptors (Lipinski definition) is 6. The number of hydrogen-bond donors (Lipinski definition) is 1. The number of esters is 1. The molecule has 1 N–H and O–H groups in total. The van der Waals surface area contributed by atoms with E-state index >= 15 is 0 Å². The highest BCUT2D eigenvalue weighted by Crippen LogP contribution is 2.43. The molecule has 8 nitrogen and oxygen atoms in total. The first-order valence-electron chi connectivity index (χ1n) is 14.4. The van der Waals surface area contributed by atoms with Gasteiger partial charge in [-0.3, -0.25) is 13.8 Å². The van der Waals surface area contributed by atoms with E-state index in [-0.39, 0.29) is 25.8 Å². The van der Waals surface area contributed by atoms with Gasteiger partial charge in [0.15, 0.2) is 0 Å². The predicted molar refractivity (Wildman–Crippen MR) is 150 cm³/mol. The normalized spacial score (nSPS) is 14.6. The van der Waals surface area contributed by atoms with Crippen molar-refractivity contribution in [1.29, 1.82) is 0 Å². The second kappa shape index (κ2) is 23.2. The summed E-state index contributed by atoms with van der Waals surface area (Å²) >= 11 is 0. The monoisotopic (exact) mass is 550 g/mol. The molecule has 0 aromatic carbocycles. The van der Waals surface area contributed by atoms with Crippen LogP contribution in [0.3, 0.4) is 0 Å². The Hall–Kier alpha value is -0.760. The van der Waals surface area contributed by atoms with Gasteiger partial charge in [-0.1, -0.05) is 70.9 Å². The lowest BCUT2D eigenvalue weighted by Crippen LogP contribution is -2.37. The van der Waals surface area contributed by atoms with Gasteiger partial charge in [-0.05, 0) is 38.5 Å². The number of rotatable bonds is 26. The summed E-state index contributed by atoms with van der Waals surface area (Å²) < 4.78 is 34.1. The molecular weight excluding hydrogens is 493 g/mol. The first-order chi connectivity index (χ1) is 17.6. The van der Waals surface area contributed by atoms with Crippen LogP contribution in [0, 0.1) is 0 Å². The fourth-order valence-electron chi connectivity index (χ4n) is 3.46. The Morgan fingerprint density at radius 1 is 0.811 bits per heavy atom. The summed E-state index contributed by atoms with van der Waals surface area (Å²) in [7, 11) is 1.66. The Balaban J connectivity index is 4.13. The van der Waals surface area contributed by atoms with Crippen molar-refractivity contribution in [3.63, 3.8) is 0 Å². The molecule has 0 aromatic rings. The van der Waals surface area contributed by atoms with Crippen LogP contribution in [0.25, 0.3) is 0 Å². The molecule has 0 radical (unpaired) electrons. The Morgan fingerprint density at radius 2 is 1.41 bits per heavy atom. The van der Waals surface area contributed by atoms with E-state index in [1.807, 2.05) is 28.1 Å². The molecule has 0 aromatic heterocycles. The lowest BCUT2D eigenvalue weighted by Gasteiger charge is -2.24. The molecule has 0 amide bonds. The summed E-state index contributed by atoms with van der Waals surface area (Å²) in [6, 6.07) is 0. The highest BCUT2D eigenvalue weighted by molar-refractivity contribution is 7.47. The van der Waals surface area contributed by atoms with Crippen LogP contribution in [0.1, 0.15) is 104 Å². The maximum absolute atomic E-state index is 12.2. The van der Waals surface area contributed by atoms with Crippen molar-refractivity contribution in [2.24, 2.45) is 0 Å². The van der Waals surface area contributed by atoms with Crippen LogP contribution >= 0.6 is 7.82 Å². The van der Waals surface area contributed by atoms with Crippen molar-refractivity contribution in [1.82, 2.24) is 0 Å². The average Bonchev–Trinajstić information content (AvgIpc) is 2.82. The molecule has 2 atom stereocenters. The van der Waals surface area contributed by atoms with Gasteiger partial charge in [0.05, 0.1) is 34.4 Å². The van der Waals surface area contributed by atoms with Crippen molar-refractivity contribution >= 4 is 13.8 Å². The van der Waals surface area contributed by atoms with E-state index in [2.05, 4.69) is 19.1 Å². The third-order valence-electron chi connectivity index (χ3n) is 5.83. The summed E-state index contributed by atoms with van der Waals surface area (Å²) in [5, 5.41) is 0. The highest BCUT2D eigenvalue weighted by atomic mass is 31.2. The number of allylic oxidation sites excluding steroid dienone is 2. The van der Waals surface area contributed by atoms with Gasteiger partial charge in [0.2, 0.25) is 0 Å². The van der Waals surface area contributed by atoms with Crippen molar-refractivity contribution < 1.29 is 37.3 Å². The summed E-state index contributed by atoms with van der Waals surface area (Å²) in [5.74, 6) is -0.353. The number of phosphoric ester groups is 1. The first kappa shape index (κ1) is 36.2. The number of nitrogens with zero attached hydrogens (tertiary/aromatic N) is 1. The van der Waals surface area contributed by atoms with Gasteiger partial charge in [-0.15, -0.1) is 0 Å². The second-order valence-electron chi connectivity index (χ2n) is 10.8. The van der Waals surface area contributed by atoms with E-state index in [1.54, 1.807) is 0 Å². The lowest BCUT2D eigenvalue weighted by atomic mass is 10.1. The summed E-state index contributed by atoms with van der Waals surface area (Å²) in [6.45, 7) is 5.31. The Bertz CT molecular complexity index is 622. The van der Waals surface area contributed by atoms with Gasteiger partial charge in [0.25, 0.3) is 0 Å². The summed E-state index contributed by atoms with van der Waals surface area (Å²) in [6.07, 6.45) is 19.1. The van der Waals surface area contributed by atoms with Crippen LogP contribution in [0.2, 0.25) is 0 Å². The molecule has 0 bridgehead atoms. The van der Waals surface area contributed by atoms with Crippen molar-refractivity contribution in [2.45, 2.75) is 110 Å². The van der Waals surface area contributed by atoms with Crippen LogP contribution in [-0.4, -0.2) is 75.6 Å². The van der Waals surface area contributed by atoms with Gasteiger partial charge in [0.1, 0.15) is 19.3 Å². The third kappa shape index (κ3) is 26.6. The predicted octanol–water partition coefficient (Wildman–Crippen LogP) is 6.81. The van der Waals surface area contributed by atoms with Crippen LogP contribution in [0.15, 0.2) is 12.2 Å². The zero-order valence-electron chi connectivity index (χ0n) is 24.5. The highest BCUT2D eigenvalue weighted by Gasteiger charge is 2.26. The average molecular weight is 551 g/mol. The number of ether oxygens (including phenoxy) is 2. The van der Waals surface area contributed by atoms with Crippen LogP contribution in [0.5, 0.6) is 0 Å². The molecule has 0 aliphatic carbocycles. The molecule has 220 valence electrons. The SMILES string of the molecule is CCCCC/C=C\CCCCCCCCOCC(COP(=O)(O)OCC[N+](C)(C)C)OC(=O)CCCC. The molecule has 2 unspecified atom stereocenters. The fourth-order valence-corrected chi connectivity index (χ4v) is 4.20. The van der Waals surface area contributed by atoms with E-state index in [1.165, 1.54) is 57.8 Å². The largest absolute Gasteiger partial charge is 0.472 e. The molecule has 9 heteroatoms. The molecule has 0 heterocycles. The summed E-state index contributed by atoms with van der Waals surface area (Å²) in [5.41, 5.74) is 0. The quantitative estimate of drug-likeness (QED) is 0.0416. The number of phosphoric acid groups is 1. The molecular formula is C28H57NO7P+. The number of carbonyl (C=O) groups excluding carboxylic acids is 1. The molecule has 0 aliphatic rings. The molecule has 0 saturated carbocycles. The number of carbonyl (C=O) groups is 1. The van der Waals surface area contributed by atoms with Gasteiger partial charge < -0.3 is 18.9 Å². The van der Waals surface area contributed by atoms with Crippen LogP contribution < -0.4 is 0 Å². The smallest absolute Gasteiger partial charge is 0.457 e. The zero-order chi connectivity index (χ0) is 27.8. The van der Waals surface area contributed by atoms with Crippen LogP contribution in [0.4, 0.5) is 0 Å². The van der Waals surface area contributed by atoms with Crippen LogP contribution in [-0.2, 0) is 27.9 Å². The minimum atomic E-state index is -4.23. The minimum Gasteiger partial charge on any atom is -0.457 e. The lowest BCUT2D eigenvalue weighted by molar-refractivity contribution is -0.870. The van der Waals surface area contributed by atoms with Gasteiger partial charge in [0, 0.05) is 13.0 Å². The van der Waals surface area contributed by atoms with Crippen molar-refractivity contribution in [3.8, 4) is 0 Å². The molecule has 0 saturated heterocycles. The maximum atomic E-state index is 12.2. The van der Waals surface area contributed by atoms with Gasteiger partial charge in [-0.2, -0.15) is 0 Å². The molecule has 37 heavy (non-hydrogen) atoms. The van der Waals surface area contributed by atoms with Gasteiger partial charge in [-0.25, -0.2) is 4.57 Å². The molecule has 0 rings (SSSR count). The standard InChI is InChI=1S/C28H56NO7P/c1-6-8-10-11-12-13-14-15-16-17-18-19-20-23-33-25-27(36-28(30)21-9-7-2)26-35-37(31,32)34-24-22-29(3,4)5/h12-13,27H,6-11,14-26H2,1-5H3/p+1/b13-12-. The van der Waals surface area contributed by atoms with Crippen molar-refractivity contribution in [2.75, 3.05) is 54.1 Å². The number of likely N-dealkylation sites (N-methyl/N-ethyl adjacent to an activating group) is 1. The molecule has 0 aliphatic heterocycles. The Labute approximate surface area is 227 Å². The number of quaternary nitrogens is 1. The van der Waals surface area contributed by atoms with Crippen molar-refractivity contribution in [3.05, 3.63) is 12.2 Å². The van der Waals surface area contributed by atoms with E-state index < -0.39 is 13.9 Å². The Kier molecular flexibility index (Phi) is 22.7. The van der Waals surface area contributed by atoms with Gasteiger partial charge >= 0.3 is 13.8 Å². The zero-order valence-corrected chi connectivity index (χ0v) is 25.4. The topological polar surface area (TPSA) is 91.3 Å². The number of unbranched alkanes of at least 4 members (excludes halogenated alkanes) is 10. The van der Waals surface area contributed by atoms with E-state index in [0.717, 1.165) is 25.7 Å². The molecule has 0 spiro atoms. The summed E-state index contributed by atoms with van der Waals surface area (Å²) in [4.78, 5) is 22.0. The molecule has 0 fully saturated rings. The minimum absolute atomic E-state index is 0.0878. The van der Waals surface area contributed by atoms with E-state index in [9.17, 15) is 14.3 Å². The van der Waals surface area contributed by atoms with E-state index in [4.69, 9.17) is 18.5 Å². The maximum Gasteiger partial charge on any atom is 0.472 e. The fraction of sp³-hybridized carbons (Fsp3) is 0.893. The second-order valence-corrected chi connectivity index (χ2v) is 12.2. The Morgan fingerprint density at radius 3 is 2.03 bits per heavy atom.